The average molecular weight is 619 g/mol. The van der Waals surface area contributed by atoms with Crippen molar-refractivity contribution in [1.29, 1.82) is 0 Å². The number of carboxylic acid groups (broad SMARTS) is 2. The van der Waals surface area contributed by atoms with E-state index in [1.54, 1.807) is 42.5 Å². The number of nitrogens with zero attached hydrogens (tertiary/aromatic N) is 3. The van der Waals surface area contributed by atoms with Gasteiger partial charge >= 0.3 is 17.9 Å². The average Bonchev–Trinajstić information content (AvgIpc) is 2.99. The lowest BCUT2D eigenvalue weighted by Gasteiger charge is -2.21. The van der Waals surface area contributed by atoms with E-state index < -0.39 is 30.4 Å². The first-order valence-corrected chi connectivity index (χ1v) is 13.4. The van der Waals surface area contributed by atoms with Gasteiger partial charge in [0.25, 0.3) is 0 Å². The number of carboxylic acids is 2. The second-order valence-electron chi connectivity index (χ2n) is 9.46. The highest BCUT2D eigenvalue weighted by atomic mass is 35.5. The summed E-state index contributed by atoms with van der Waals surface area (Å²) in [6.07, 6.45) is 0.0703. The van der Waals surface area contributed by atoms with Gasteiger partial charge in [-0.15, -0.1) is 0 Å². The first-order chi connectivity index (χ1) is 21.0. The maximum atomic E-state index is 13.1. The molecular formula is C30H27ClN6O7. The number of fused-ring (bicyclic) bond motifs is 1. The minimum atomic E-state index is -1.24. The van der Waals surface area contributed by atoms with Crippen LogP contribution in [0.5, 0.6) is 5.75 Å². The number of nitrogens with two attached hydrogens (primary N) is 2. The molecule has 44 heavy (non-hydrogen) atoms. The van der Waals surface area contributed by atoms with Crippen molar-refractivity contribution < 1.29 is 34.1 Å². The van der Waals surface area contributed by atoms with Gasteiger partial charge in [-0.25, -0.2) is 20.4 Å². The number of esters is 1. The van der Waals surface area contributed by atoms with Crippen LogP contribution in [0.15, 0.2) is 77.8 Å². The van der Waals surface area contributed by atoms with Gasteiger partial charge in [-0.1, -0.05) is 35.9 Å². The molecule has 0 atom stereocenters. The third-order valence-electron chi connectivity index (χ3n) is 6.38. The van der Waals surface area contributed by atoms with Crippen molar-refractivity contribution in [2.24, 2.45) is 16.6 Å². The summed E-state index contributed by atoms with van der Waals surface area (Å²) in [5.41, 5.74) is 9.65. The molecule has 1 amide bonds. The number of nitrogens with one attached hydrogen (secondary N) is 1. The van der Waals surface area contributed by atoms with Crippen LogP contribution < -0.4 is 21.7 Å². The number of aromatic nitrogens is 1. The van der Waals surface area contributed by atoms with Crippen molar-refractivity contribution in [2.45, 2.75) is 19.4 Å². The number of halogens is 1. The molecule has 0 radical (unpaired) electrons. The largest absolute Gasteiger partial charge is 0.480 e. The predicted molar refractivity (Wildman–Crippen MR) is 162 cm³/mol. The first-order valence-electron chi connectivity index (χ1n) is 13.1. The molecule has 0 saturated heterocycles. The van der Waals surface area contributed by atoms with Gasteiger partial charge in [-0.05, 0) is 60.5 Å². The number of hydrogen-bond donors (Lipinski definition) is 5. The Bertz CT molecular complexity index is 1760. The Balaban J connectivity index is 1.42. The second-order valence-corrected chi connectivity index (χ2v) is 9.87. The normalized spacial score (nSPS) is 11.2. The zero-order valence-electron chi connectivity index (χ0n) is 23.1. The number of carbonyl (C=O) groups excluding carboxylic acids is 2. The number of pyridine rings is 1. The molecule has 0 saturated carbocycles. The zero-order chi connectivity index (χ0) is 31.8. The van der Waals surface area contributed by atoms with Crippen LogP contribution in [0.2, 0.25) is 5.02 Å². The van der Waals surface area contributed by atoms with Gasteiger partial charge in [-0.2, -0.15) is 0 Å². The topological polar surface area (TPSA) is 211 Å². The molecule has 0 aliphatic heterocycles. The molecule has 3 aromatic carbocycles. The first kappa shape index (κ1) is 31.4. The molecule has 13 nitrogen and oxygen atoms in total. The fraction of sp³-hybridized carbons (Fsp3) is 0.133. The summed E-state index contributed by atoms with van der Waals surface area (Å²) in [5.74, 6) is 1.82. The highest BCUT2D eigenvalue weighted by Crippen LogP contribution is 2.25. The smallest absolute Gasteiger partial charge is 0.343 e. The van der Waals surface area contributed by atoms with Crippen molar-refractivity contribution >= 4 is 58.0 Å². The summed E-state index contributed by atoms with van der Waals surface area (Å²) >= 11 is 6.40. The highest BCUT2D eigenvalue weighted by molar-refractivity contribution is 6.31. The molecule has 0 aliphatic rings. The van der Waals surface area contributed by atoms with E-state index in [0.717, 1.165) is 4.90 Å². The summed E-state index contributed by atoms with van der Waals surface area (Å²) in [4.78, 5) is 58.5. The number of aliphatic imine (C=N–C) groups is 1. The number of ether oxygens (including phenoxy) is 1. The Labute approximate surface area is 255 Å². The fourth-order valence-corrected chi connectivity index (χ4v) is 4.55. The third-order valence-corrected chi connectivity index (χ3v) is 6.73. The quantitative estimate of drug-likeness (QED) is 0.0411. The van der Waals surface area contributed by atoms with E-state index in [9.17, 15) is 29.4 Å². The van der Waals surface area contributed by atoms with E-state index in [4.69, 9.17) is 27.9 Å². The van der Waals surface area contributed by atoms with Crippen LogP contribution in [-0.4, -0.2) is 56.4 Å². The standard InChI is InChI=1S/C30H27ClN6O7/c31-24-14-21(44-29(43)18-5-9-19(10-6-18)35-30(32)36-33)11-7-17(24)8-12-26(38)37(16-27(39)40)15-20-13-23(28(41)42)22-3-1-2-4-25(22)34-20/h1-7,9-11,13-14H,8,12,15-16,33H2,(H,39,40)(H,41,42)(H3,32,35,36). The number of benzene rings is 3. The zero-order valence-corrected chi connectivity index (χ0v) is 23.8. The van der Waals surface area contributed by atoms with Crippen LogP contribution in [0.25, 0.3) is 10.9 Å². The van der Waals surface area contributed by atoms with Crippen molar-refractivity contribution in [2.75, 3.05) is 6.54 Å². The van der Waals surface area contributed by atoms with E-state index in [-0.39, 0.29) is 52.9 Å². The van der Waals surface area contributed by atoms with E-state index in [0.29, 0.717) is 22.2 Å². The summed E-state index contributed by atoms with van der Waals surface area (Å²) in [7, 11) is 0. The molecular weight excluding hydrogens is 592 g/mol. The molecule has 4 rings (SSSR count). The van der Waals surface area contributed by atoms with Crippen molar-refractivity contribution in [1.82, 2.24) is 15.3 Å². The number of hydrazine groups is 1. The number of rotatable bonds is 11. The van der Waals surface area contributed by atoms with Crippen molar-refractivity contribution in [3.63, 3.8) is 0 Å². The molecule has 0 spiro atoms. The van der Waals surface area contributed by atoms with E-state index >= 15 is 0 Å². The number of aryl methyl sites for hydroxylation is 1. The van der Waals surface area contributed by atoms with Crippen molar-refractivity contribution in [3.05, 3.63) is 100 Å². The van der Waals surface area contributed by atoms with Gasteiger partial charge in [0.15, 0.2) is 0 Å². The SMILES string of the molecule is NNC(N)=Nc1ccc(C(=O)Oc2ccc(CCC(=O)N(CC(=O)O)Cc3cc(C(=O)O)c4ccccc4n3)c(Cl)c2)cc1. The molecule has 1 aromatic heterocycles. The lowest BCUT2D eigenvalue weighted by atomic mass is 10.1. The van der Waals surface area contributed by atoms with Crippen molar-refractivity contribution in [3.8, 4) is 5.75 Å². The predicted octanol–water partition coefficient (Wildman–Crippen LogP) is 3.26. The molecule has 1 heterocycles. The summed E-state index contributed by atoms with van der Waals surface area (Å²) in [6, 6.07) is 18.7. The van der Waals surface area contributed by atoms with Gasteiger partial charge in [0.2, 0.25) is 11.9 Å². The lowest BCUT2D eigenvalue weighted by Crippen LogP contribution is -2.36. The monoisotopic (exact) mass is 618 g/mol. The van der Waals surface area contributed by atoms with E-state index in [1.807, 2.05) is 0 Å². The van der Waals surface area contributed by atoms with Crippen LogP contribution in [-0.2, 0) is 22.6 Å². The minimum absolute atomic E-state index is 0.00242. The van der Waals surface area contributed by atoms with Crippen LogP contribution >= 0.6 is 11.6 Å². The number of aromatic carboxylic acids is 1. The Morgan fingerprint density at radius 2 is 1.73 bits per heavy atom. The Morgan fingerprint density at radius 3 is 2.39 bits per heavy atom. The van der Waals surface area contributed by atoms with Crippen LogP contribution in [0, 0.1) is 0 Å². The summed E-state index contributed by atoms with van der Waals surface area (Å²) in [6.45, 7) is -0.813. The molecule has 226 valence electrons. The number of carbonyl (C=O) groups is 4. The van der Waals surface area contributed by atoms with E-state index in [2.05, 4.69) is 15.4 Å². The Morgan fingerprint density at radius 1 is 1.00 bits per heavy atom. The molecule has 4 aromatic rings. The van der Waals surface area contributed by atoms with Crippen LogP contribution in [0.3, 0.4) is 0 Å². The Kier molecular flexibility index (Phi) is 10.1. The molecule has 14 heteroatoms. The molecule has 0 unspecified atom stereocenters. The number of aliphatic carboxylic acids is 1. The summed E-state index contributed by atoms with van der Waals surface area (Å²) in [5, 5.41) is 19.7. The molecule has 0 fully saturated rings. The van der Waals surface area contributed by atoms with Crippen LogP contribution in [0.4, 0.5) is 5.69 Å². The maximum Gasteiger partial charge on any atom is 0.343 e. The molecule has 0 aliphatic carbocycles. The Hall–Kier alpha value is -5.53. The van der Waals surface area contributed by atoms with Gasteiger partial charge in [-0.3, -0.25) is 20.0 Å². The number of hydrogen-bond acceptors (Lipinski definition) is 8. The minimum Gasteiger partial charge on any atom is -0.480 e. The fourth-order valence-electron chi connectivity index (χ4n) is 4.28. The molecule has 7 N–H and O–H groups in total. The number of para-hydroxylation sites is 1. The molecule has 0 bridgehead atoms. The lowest BCUT2D eigenvalue weighted by molar-refractivity contribution is -0.144. The highest BCUT2D eigenvalue weighted by Gasteiger charge is 2.20. The van der Waals surface area contributed by atoms with Gasteiger partial charge < -0.3 is 25.6 Å². The van der Waals surface area contributed by atoms with Gasteiger partial charge in [0.05, 0.1) is 34.6 Å². The second kappa shape index (κ2) is 14.1. The number of guanidine groups is 1. The third kappa shape index (κ3) is 8.06. The van der Waals surface area contributed by atoms with Gasteiger partial charge in [0.1, 0.15) is 12.3 Å². The summed E-state index contributed by atoms with van der Waals surface area (Å²) < 4.78 is 5.40. The number of amides is 1. The maximum absolute atomic E-state index is 13.1. The van der Waals surface area contributed by atoms with Crippen LogP contribution in [0.1, 0.15) is 38.4 Å². The van der Waals surface area contributed by atoms with E-state index in [1.165, 1.54) is 30.3 Å². The van der Waals surface area contributed by atoms with Gasteiger partial charge in [0, 0.05) is 16.8 Å².